The Hall–Kier alpha value is -1.97. The van der Waals surface area contributed by atoms with Crippen molar-refractivity contribution < 1.29 is 14.2 Å². The first kappa shape index (κ1) is 20.3. The summed E-state index contributed by atoms with van der Waals surface area (Å²) < 4.78 is 21.1. The molecule has 3 N–H and O–H groups in total. The summed E-state index contributed by atoms with van der Waals surface area (Å²) in [5.41, 5.74) is 5.18. The van der Waals surface area contributed by atoms with Crippen LogP contribution in [0.1, 0.15) is 60.6 Å². The number of nitrogens with one attached hydrogen (secondary N) is 1. The number of anilines is 1. The Bertz CT molecular complexity index is 970. The zero-order valence-electron chi connectivity index (χ0n) is 18.0. The number of hydrogen-bond donors (Lipinski definition) is 2. The number of ether oxygens (including phenoxy) is 3. The molecule has 2 fully saturated rings. The van der Waals surface area contributed by atoms with E-state index in [2.05, 4.69) is 35.7 Å². The van der Waals surface area contributed by atoms with Crippen molar-refractivity contribution in [3.05, 3.63) is 16.7 Å². The number of nitrogen functional groups attached to an aromatic ring is 1. The minimum atomic E-state index is -0.508. The van der Waals surface area contributed by atoms with Crippen LogP contribution in [0.3, 0.4) is 0 Å². The number of H-pyrrole nitrogens is 1. The highest BCUT2D eigenvalue weighted by Gasteiger charge is 2.61. The molecule has 0 radical (unpaired) electrons. The molecule has 2 bridgehead atoms. The van der Waals surface area contributed by atoms with Crippen molar-refractivity contribution in [1.29, 1.82) is 0 Å². The van der Waals surface area contributed by atoms with Crippen LogP contribution in [0.25, 0.3) is 11.2 Å². The number of aromatic amines is 1. The van der Waals surface area contributed by atoms with Gasteiger partial charge in [0.1, 0.15) is 17.8 Å². The van der Waals surface area contributed by atoms with Gasteiger partial charge in [-0.3, -0.25) is 14.3 Å². The highest BCUT2D eigenvalue weighted by molar-refractivity contribution is 5.70. The number of imidazole rings is 1. The van der Waals surface area contributed by atoms with E-state index < -0.39 is 11.8 Å². The van der Waals surface area contributed by atoms with Crippen molar-refractivity contribution in [2.45, 2.75) is 84.0 Å². The molecule has 29 heavy (non-hydrogen) atoms. The standard InChI is InChI=1S/C20H31N5O4/c1-18(2,3)9-20-7-8-27-12(13(20)28-19(4,5)6)16(29-20)25-10-22-11-14(25)23-17(21)24-15(11)26/h10,12-13,16H,7-9H2,1-6H3,(H3,21,23,24,26)/t12?,13-,16-,20-/m1/s1. The van der Waals surface area contributed by atoms with Gasteiger partial charge in [0.2, 0.25) is 5.95 Å². The van der Waals surface area contributed by atoms with Crippen molar-refractivity contribution in [3.8, 4) is 0 Å². The highest BCUT2D eigenvalue weighted by atomic mass is 16.6. The maximum atomic E-state index is 12.2. The van der Waals surface area contributed by atoms with Crippen LogP contribution in [0.2, 0.25) is 0 Å². The highest BCUT2D eigenvalue weighted by Crippen LogP contribution is 2.51. The van der Waals surface area contributed by atoms with Gasteiger partial charge in [-0.1, -0.05) is 20.8 Å². The minimum absolute atomic E-state index is 0.0348. The van der Waals surface area contributed by atoms with Crippen LogP contribution in [0, 0.1) is 5.41 Å². The SMILES string of the molecule is CC(C)(C)C[C@@]12CCOC([C@H](n3cnc4c(=O)[nH]c(N)nc43)O1)[C@H]2OC(C)(C)C. The molecule has 0 spiro atoms. The van der Waals surface area contributed by atoms with Gasteiger partial charge in [0.15, 0.2) is 17.4 Å². The zero-order valence-corrected chi connectivity index (χ0v) is 18.0. The second kappa shape index (κ2) is 6.52. The molecule has 2 aliphatic heterocycles. The average molecular weight is 405 g/mol. The first-order chi connectivity index (χ1) is 13.4. The number of hydrogen-bond acceptors (Lipinski definition) is 7. The average Bonchev–Trinajstić information content (AvgIpc) is 3.00. The maximum Gasteiger partial charge on any atom is 0.280 e. The summed E-state index contributed by atoms with van der Waals surface area (Å²) in [6.07, 6.45) is 2.02. The molecule has 9 nitrogen and oxygen atoms in total. The third kappa shape index (κ3) is 3.67. The summed E-state index contributed by atoms with van der Waals surface area (Å²) in [4.78, 5) is 23.2. The van der Waals surface area contributed by atoms with Crippen LogP contribution in [0.4, 0.5) is 5.95 Å². The Morgan fingerprint density at radius 3 is 2.72 bits per heavy atom. The Morgan fingerprint density at radius 1 is 1.34 bits per heavy atom. The van der Waals surface area contributed by atoms with Gasteiger partial charge in [-0.05, 0) is 32.6 Å². The van der Waals surface area contributed by atoms with Gasteiger partial charge in [-0.15, -0.1) is 0 Å². The molecule has 2 aromatic heterocycles. The molecule has 0 saturated carbocycles. The van der Waals surface area contributed by atoms with Crippen LogP contribution in [-0.2, 0) is 14.2 Å². The third-order valence-corrected chi connectivity index (χ3v) is 5.32. The number of fused-ring (bicyclic) bond motifs is 3. The van der Waals surface area contributed by atoms with Crippen LogP contribution in [0.15, 0.2) is 11.1 Å². The molecule has 0 aliphatic carbocycles. The van der Waals surface area contributed by atoms with Crippen molar-refractivity contribution in [1.82, 2.24) is 19.5 Å². The smallest absolute Gasteiger partial charge is 0.280 e. The first-order valence-electron chi connectivity index (χ1n) is 10.1. The van der Waals surface area contributed by atoms with Crippen molar-refractivity contribution in [2.75, 3.05) is 12.3 Å². The van der Waals surface area contributed by atoms with Crippen LogP contribution in [0.5, 0.6) is 0 Å². The Morgan fingerprint density at radius 2 is 2.07 bits per heavy atom. The van der Waals surface area contributed by atoms with Gasteiger partial charge in [0, 0.05) is 6.42 Å². The molecule has 0 aromatic carbocycles. The lowest BCUT2D eigenvalue weighted by Gasteiger charge is -2.44. The molecule has 2 aromatic rings. The van der Waals surface area contributed by atoms with Gasteiger partial charge >= 0.3 is 0 Å². The molecule has 9 heteroatoms. The lowest BCUT2D eigenvalue weighted by Crippen LogP contribution is -2.54. The molecule has 2 aliphatic rings. The Labute approximate surface area is 169 Å². The molecule has 1 unspecified atom stereocenters. The topological polar surface area (TPSA) is 117 Å². The molecule has 4 atom stereocenters. The minimum Gasteiger partial charge on any atom is -0.371 e. The number of aromatic nitrogens is 4. The van der Waals surface area contributed by atoms with Crippen molar-refractivity contribution >= 4 is 17.1 Å². The third-order valence-electron chi connectivity index (χ3n) is 5.32. The lowest BCUT2D eigenvalue weighted by atomic mass is 9.76. The van der Waals surface area contributed by atoms with Gasteiger partial charge < -0.3 is 19.9 Å². The fourth-order valence-electron chi connectivity index (χ4n) is 4.59. The van der Waals surface area contributed by atoms with Crippen molar-refractivity contribution in [2.24, 2.45) is 5.41 Å². The summed E-state index contributed by atoms with van der Waals surface area (Å²) in [6, 6.07) is 0. The number of nitrogens with zero attached hydrogens (tertiary/aromatic N) is 3. The van der Waals surface area contributed by atoms with E-state index in [9.17, 15) is 4.79 Å². The molecular weight excluding hydrogens is 374 g/mol. The second-order valence-electron chi connectivity index (χ2n) is 10.3. The summed E-state index contributed by atoms with van der Waals surface area (Å²) in [7, 11) is 0. The monoisotopic (exact) mass is 405 g/mol. The van der Waals surface area contributed by atoms with E-state index >= 15 is 0 Å². The van der Waals surface area contributed by atoms with E-state index in [1.54, 1.807) is 10.9 Å². The summed E-state index contributed by atoms with van der Waals surface area (Å²) >= 11 is 0. The van der Waals surface area contributed by atoms with E-state index in [0.717, 1.165) is 12.8 Å². The normalized spacial score (nSPS) is 30.2. The van der Waals surface area contributed by atoms with Crippen LogP contribution < -0.4 is 11.3 Å². The summed E-state index contributed by atoms with van der Waals surface area (Å²) in [6.45, 7) is 13.3. The molecular formula is C20H31N5O4. The maximum absolute atomic E-state index is 12.2. The van der Waals surface area contributed by atoms with Crippen LogP contribution in [-0.4, -0.2) is 49.5 Å². The second-order valence-corrected chi connectivity index (χ2v) is 10.3. The van der Waals surface area contributed by atoms with Gasteiger partial charge in [-0.25, -0.2) is 4.98 Å². The Kier molecular flexibility index (Phi) is 4.56. The first-order valence-corrected chi connectivity index (χ1v) is 10.1. The molecule has 4 rings (SSSR count). The van der Waals surface area contributed by atoms with Gasteiger partial charge in [0.05, 0.1) is 18.5 Å². The Balaban J connectivity index is 1.81. The van der Waals surface area contributed by atoms with Crippen LogP contribution >= 0.6 is 0 Å². The predicted octanol–water partition coefficient (Wildman–Crippen LogP) is 2.38. The largest absolute Gasteiger partial charge is 0.371 e. The molecule has 4 heterocycles. The van der Waals surface area contributed by atoms with E-state index in [0.29, 0.717) is 12.3 Å². The predicted molar refractivity (Wildman–Crippen MR) is 108 cm³/mol. The molecule has 160 valence electrons. The molecule has 0 amide bonds. The van der Waals surface area contributed by atoms with Gasteiger partial charge in [-0.2, -0.15) is 4.98 Å². The van der Waals surface area contributed by atoms with Crippen molar-refractivity contribution in [3.63, 3.8) is 0 Å². The van der Waals surface area contributed by atoms with E-state index in [4.69, 9.17) is 19.9 Å². The van der Waals surface area contributed by atoms with Gasteiger partial charge in [0.25, 0.3) is 5.56 Å². The van der Waals surface area contributed by atoms with E-state index in [-0.39, 0.29) is 40.2 Å². The molecule has 2 saturated heterocycles. The summed E-state index contributed by atoms with van der Waals surface area (Å²) in [5, 5.41) is 0. The lowest BCUT2D eigenvalue weighted by molar-refractivity contribution is -0.195. The van der Waals surface area contributed by atoms with E-state index in [1.807, 2.05) is 20.8 Å². The summed E-state index contributed by atoms with van der Waals surface area (Å²) in [5.74, 6) is 0.0398. The quantitative estimate of drug-likeness (QED) is 0.805. The fourth-order valence-corrected chi connectivity index (χ4v) is 4.59. The zero-order chi connectivity index (χ0) is 21.2. The number of nitrogens with two attached hydrogens (primary N) is 1. The fraction of sp³-hybridized carbons (Fsp3) is 0.750. The number of rotatable bonds is 3. The van der Waals surface area contributed by atoms with E-state index in [1.165, 1.54) is 0 Å².